The van der Waals surface area contributed by atoms with Crippen molar-refractivity contribution in [2.75, 3.05) is 13.2 Å². The van der Waals surface area contributed by atoms with Crippen molar-refractivity contribution in [2.24, 2.45) is 0 Å². The summed E-state index contributed by atoms with van der Waals surface area (Å²) in [5.74, 6) is -1.23. The van der Waals surface area contributed by atoms with E-state index in [-0.39, 0.29) is 38.4 Å². The molecule has 318 valence electrons. The molecule has 0 saturated carbocycles. The Balaban J connectivity index is 4.62. The monoisotopic (exact) mass is 787 g/mol. The van der Waals surface area contributed by atoms with Gasteiger partial charge in [-0.15, -0.1) is 0 Å². The van der Waals surface area contributed by atoms with E-state index >= 15 is 0 Å². The summed E-state index contributed by atoms with van der Waals surface area (Å²) in [4.78, 5) is 37.5. The van der Waals surface area contributed by atoms with E-state index in [2.05, 4.69) is 124 Å². The van der Waals surface area contributed by atoms with E-state index < -0.39 is 18.0 Å². The average molecular weight is 787 g/mol. The highest BCUT2D eigenvalue weighted by molar-refractivity contribution is 5.72. The van der Waals surface area contributed by atoms with Crippen LogP contribution in [0.1, 0.15) is 162 Å². The number of carbonyl (C=O) groups excluding carboxylic acids is 3. The average Bonchev–Trinajstić information content (AvgIpc) is 3.21. The molecule has 57 heavy (non-hydrogen) atoms. The number of allylic oxidation sites excluding steroid dienone is 19. The molecular weight excluding hydrogens is 709 g/mol. The predicted octanol–water partition coefficient (Wildman–Crippen LogP) is 14.2. The molecule has 0 N–H and O–H groups in total. The Hall–Kier alpha value is -4.19. The van der Waals surface area contributed by atoms with Crippen molar-refractivity contribution in [3.05, 3.63) is 122 Å². The van der Waals surface area contributed by atoms with E-state index in [9.17, 15) is 14.4 Å². The standard InChI is InChI=1S/C51H78O6/c1-4-7-10-13-16-19-21-23-24-25-26-28-29-32-35-38-41-44-50(53)56-47-48(46-55-49(52)43-40-37-34-31-18-15-12-9-6-3)57-51(54)45-42-39-36-33-30-27-22-20-17-14-11-8-5-2/h7,9-10,12,16,18-19,23-24,26-28,30-32,35-37,39-40,48H,4-6,8,11,13-15,17,20-22,25,29,33-34,38,41-47H2,1-3H3/b10-7-,12-9-,19-16-,24-23-,28-26-,30-27-,31-18-,35-32-,39-36-,40-37-. The van der Waals surface area contributed by atoms with E-state index in [4.69, 9.17) is 14.2 Å². The second-order valence-electron chi connectivity index (χ2n) is 13.8. The van der Waals surface area contributed by atoms with Crippen molar-refractivity contribution in [3.8, 4) is 0 Å². The molecule has 0 saturated heterocycles. The summed E-state index contributed by atoms with van der Waals surface area (Å²) in [5.41, 5.74) is 0. The summed E-state index contributed by atoms with van der Waals surface area (Å²) in [6.07, 6.45) is 60.9. The lowest BCUT2D eigenvalue weighted by molar-refractivity contribution is -0.166. The summed E-state index contributed by atoms with van der Waals surface area (Å²) in [7, 11) is 0. The van der Waals surface area contributed by atoms with E-state index in [1.54, 1.807) is 6.08 Å². The Labute approximate surface area is 348 Å². The lowest BCUT2D eigenvalue weighted by Crippen LogP contribution is -2.30. The molecule has 0 radical (unpaired) electrons. The first-order valence-electron chi connectivity index (χ1n) is 22.0. The molecule has 1 unspecified atom stereocenters. The number of unbranched alkanes of at least 4 members (excludes halogenated alkanes) is 7. The Morgan fingerprint density at radius 1 is 0.386 bits per heavy atom. The maximum atomic E-state index is 12.7. The van der Waals surface area contributed by atoms with Gasteiger partial charge in [0.25, 0.3) is 0 Å². The van der Waals surface area contributed by atoms with Crippen LogP contribution in [0, 0.1) is 0 Å². The van der Waals surface area contributed by atoms with E-state index in [0.717, 1.165) is 70.6 Å². The molecule has 6 nitrogen and oxygen atoms in total. The molecule has 6 heteroatoms. The minimum absolute atomic E-state index is 0.109. The molecular formula is C51H78O6. The van der Waals surface area contributed by atoms with Gasteiger partial charge in [-0.3, -0.25) is 14.4 Å². The van der Waals surface area contributed by atoms with Gasteiger partial charge in [-0.25, -0.2) is 0 Å². The van der Waals surface area contributed by atoms with Gasteiger partial charge in [-0.05, 0) is 89.9 Å². The van der Waals surface area contributed by atoms with Gasteiger partial charge in [-0.2, -0.15) is 0 Å². The van der Waals surface area contributed by atoms with Crippen molar-refractivity contribution in [1.29, 1.82) is 0 Å². The van der Waals surface area contributed by atoms with Gasteiger partial charge in [0.05, 0.1) is 6.42 Å². The van der Waals surface area contributed by atoms with Gasteiger partial charge in [-0.1, -0.05) is 174 Å². The predicted molar refractivity (Wildman–Crippen MR) is 242 cm³/mol. The molecule has 0 aromatic rings. The number of ether oxygens (including phenoxy) is 3. The topological polar surface area (TPSA) is 78.9 Å². The van der Waals surface area contributed by atoms with Crippen LogP contribution in [-0.2, 0) is 28.6 Å². The molecule has 0 rings (SSSR count). The van der Waals surface area contributed by atoms with Gasteiger partial charge < -0.3 is 14.2 Å². The van der Waals surface area contributed by atoms with Gasteiger partial charge in [0.1, 0.15) is 13.2 Å². The van der Waals surface area contributed by atoms with Crippen LogP contribution < -0.4 is 0 Å². The van der Waals surface area contributed by atoms with E-state index in [0.29, 0.717) is 12.8 Å². The second kappa shape index (κ2) is 44.5. The zero-order valence-electron chi connectivity index (χ0n) is 36.0. The first-order chi connectivity index (χ1) is 28.0. The van der Waals surface area contributed by atoms with Crippen molar-refractivity contribution in [2.45, 2.75) is 168 Å². The van der Waals surface area contributed by atoms with Crippen molar-refractivity contribution in [1.82, 2.24) is 0 Å². The smallest absolute Gasteiger partial charge is 0.309 e. The Morgan fingerprint density at radius 2 is 0.789 bits per heavy atom. The summed E-state index contributed by atoms with van der Waals surface area (Å²) >= 11 is 0. The molecule has 0 aromatic heterocycles. The fourth-order valence-electron chi connectivity index (χ4n) is 5.24. The largest absolute Gasteiger partial charge is 0.462 e. The number of rotatable bonds is 37. The summed E-state index contributed by atoms with van der Waals surface area (Å²) in [6, 6.07) is 0. The summed E-state index contributed by atoms with van der Waals surface area (Å²) < 4.78 is 16.4. The molecule has 0 amide bonds. The lowest BCUT2D eigenvalue weighted by Gasteiger charge is -2.18. The molecule has 0 aliphatic rings. The van der Waals surface area contributed by atoms with Crippen LogP contribution in [0.15, 0.2) is 122 Å². The molecule has 0 fully saturated rings. The van der Waals surface area contributed by atoms with E-state index in [1.165, 1.54) is 38.5 Å². The minimum atomic E-state index is -0.867. The third kappa shape index (κ3) is 42.8. The maximum Gasteiger partial charge on any atom is 0.309 e. The molecule has 1 atom stereocenters. The van der Waals surface area contributed by atoms with Crippen molar-refractivity contribution >= 4 is 17.9 Å². The highest BCUT2D eigenvalue weighted by Gasteiger charge is 2.19. The first kappa shape index (κ1) is 52.8. The zero-order valence-corrected chi connectivity index (χ0v) is 36.0. The van der Waals surface area contributed by atoms with Crippen LogP contribution in [0.4, 0.5) is 0 Å². The number of esters is 3. The normalized spacial score (nSPS) is 13.2. The van der Waals surface area contributed by atoms with Crippen LogP contribution >= 0.6 is 0 Å². The molecule has 0 spiro atoms. The highest BCUT2D eigenvalue weighted by Crippen LogP contribution is 2.09. The summed E-state index contributed by atoms with van der Waals surface area (Å²) in [6.45, 7) is 6.15. The van der Waals surface area contributed by atoms with Crippen LogP contribution in [0.2, 0.25) is 0 Å². The Bertz CT molecular complexity index is 1270. The van der Waals surface area contributed by atoms with Gasteiger partial charge in [0.15, 0.2) is 6.10 Å². The number of carbonyl (C=O) groups is 3. The SMILES string of the molecule is CC/C=C\C/C=C\C/C=C\C/C=C\C/C=C\CCCC(=O)OCC(COC(=O)C/C=C\C/C=C\C/C=C\CC)OC(=O)CC/C=C\C/C=C\CCCCCCCC. The van der Waals surface area contributed by atoms with Gasteiger partial charge >= 0.3 is 17.9 Å². The zero-order chi connectivity index (χ0) is 41.5. The molecule has 0 aromatic carbocycles. The molecule has 0 aliphatic carbocycles. The van der Waals surface area contributed by atoms with Gasteiger partial charge in [0.2, 0.25) is 0 Å². The quantitative estimate of drug-likeness (QED) is 0.0270. The summed E-state index contributed by atoms with van der Waals surface area (Å²) in [5, 5.41) is 0. The Kier molecular flexibility index (Phi) is 41.3. The number of hydrogen-bond donors (Lipinski definition) is 0. The fraction of sp³-hybridized carbons (Fsp3) is 0.549. The van der Waals surface area contributed by atoms with Crippen LogP contribution in [0.3, 0.4) is 0 Å². The van der Waals surface area contributed by atoms with Crippen molar-refractivity contribution < 1.29 is 28.6 Å². The Morgan fingerprint density at radius 3 is 1.30 bits per heavy atom. The fourth-order valence-corrected chi connectivity index (χ4v) is 5.24. The molecule has 0 heterocycles. The van der Waals surface area contributed by atoms with E-state index in [1.807, 2.05) is 12.2 Å². The van der Waals surface area contributed by atoms with Crippen LogP contribution in [0.5, 0.6) is 0 Å². The third-order valence-electron chi connectivity index (χ3n) is 8.48. The minimum Gasteiger partial charge on any atom is -0.462 e. The second-order valence-corrected chi connectivity index (χ2v) is 13.8. The van der Waals surface area contributed by atoms with Crippen LogP contribution in [-0.4, -0.2) is 37.2 Å². The maximum absolute atomic E-state index is 12.7. The third-order valence-corrected chi connectivity index (χ3v) is 8.48. The van der Waals surface area contributed by atoms with Crippen LogP contribution in [0.25, 0.3) is 0 Å². The lowest BCUT2D eigenvalue weighted by atomic mass is 10.1. The molecule has 0 bridgehead atoms. The molecule has 0 aliphatic heterocycles. The first-order valence-corrected chi connectivity index (χ1v) is 22.0. The highest BCUT2D eigenvalue weighted by atomic mass is 16.6. The van der Waals surface area contributed by atoms with Gasteiger partial charge in [0, 0.05) is 12.8 Å². The number of hydrogen-bond acceptors (Lipinski definition) is 6. The van der Waals surface area contributed by atoms with Crippen molar-refractivity contribution in [3.63, 3.8) is 0 Å².